The van der Waals surface area contributed by atoms with Crippen LogP contribution in [-0.2, 0) is 6.18 Å². The Bertz CT molecular complexity index is 423. The third-order valence-corrected chi connectivity index (χ3v) is 2.94. The number of nitrogens with zero attached hydrogens (tertiary/aromatic N) is 1. The molecular weight excluding hydrogens is 304 g/mol. The predicted octanol–water partition coefficient (Wildman–Crippen LogP) is 3.31. The number of alkyl halides is 3. The number of nitrogens with one attached hydrogen (secondary N) is 1. The minimum atomic E-state index is -4.44. The number of halogens is 5. The third kappa shape index (κ3) is 4.40. The standard InChI is InChI=1S/C11H12ClF3N2O.ClH/c12-9-4-7(11(13,14)15)5-17-10(9)18-8-2-1-3-16-6-8;/h4-5,8,16H,1-3,6H2;1H/t8-;/m1./s1. The summed E-state index contributed by atoms with van der Waals surface area (Å²) in [6.07, 6.45) is -2.01. The van der Waals surface area contributed by atoms with E-state index in [1.54, 1.807) is 0 Å². The van der Waals surface area contributed by atoms with Crippen molar-refractivity contribution in [1.82, 2.24) is 10.3 Å². The molecule has 0 spiro atoms. The summed E-state index contributed by atoms with van der Waals surface area (Å²) in [6, 6.07) is 0.833. The molecule has 0 amide bonds. The summed E-state index contributed by atoms with van der Waals surface area (Å²) in [4.78, 5) is 3.64. The third-order valence-electron chi connectivity index (χ3n) is 2.66. The minimum Gasteiger partial charge on any atom is -0.472 e. The summed E-state index contributed by atoms with van der Waals surface area (Å²) in [5.41, 5.74) is -0.874. The maximum Gasteiger partial charge on any atom is 0.417 e. The molecule has 0 radical (unpaired) electrons. The van der Waals surface area contributed by atoms with E-state index in [0.29, 0.717) is 6.54 Å². The number of rotatable bonds is 2. The summed E-state index contributed by atoms with van der Waals surface area (Å²) >= 11 is 5.75. The zero-order valence-electron chi connectivity index (χ0n) is 9.84. The normalized spacial score (nSPS) is 19.7. The van der Waals surface area contributed by atoms with Crippen molar-refractivity contribution in [3.8, 4) is 5.88 Å². The average molecular weight is 317 g/mol. The Hall–Kier alpha value is -0.720. The highest BCUT2D eigenvalue weighted by molar-refractivity contribution is 6.31. The molecule has 2 rings (SSSR count). The molecule has 0 unspecified atom stereocenters. The summed E-state index contributed by atoms with van der Waals surface area (Å²) in [5, 5.41) is 3.02. The molecule has 1 aromatic rings. The van der Waals surface area contributed by atoms with E-state index < -0.39 is 11.7 Å². The van der Waals surface area contributed by atoms with Gasteiger partial charge in [-0.05, 0) is 25.5 Å². The van der Waals surface area contributed by atoms with Crippen LogP contribution in [0.15, 0.2) is 12.3 Å². The van der Waals surface area contributed by atoms with E-state index in [4.69, 9.17) is 16.3 Å². The first-order valence-electron chi connectivity index (χ1n) is 5.57. The Labute approximate surface area is 119 Å². The summed E-state index contributed by atoms with van der Waals surface area (Å²) in [5.74, 6) is 0.0540. The van der Waals surface area contributed by atoms with Gasteiger partial charge in [0.05, 0.1) is 5.56 Å². The Morgan fingerprint density at radius 1 is 1.42 bits per heavy atom. The second-order valence-corrected chi connectivity index (χ2v) is 4.50. The van der Waals surface area contributed by atoms with Crippen molar-refractivity contribution in [2.45, 2.75) is 25.1 Å². The number of hydrogen-bond acceptors (Lipinski definition) is 3. The van der Waals surface area contributed by atoms with E-state index in [-0.39, 0.29) is 29.4 Å². The van der Waals surface area contributed by atoms with Gasteiger partial charge in [0.15, 0.2) is 0 Å². The number of pyridine rings is 1. The highest BCUT2D eigenvalue weighted by Gasteiger charge is 2.32. The number of ether oxygens (including phenoxy) is 1. The zero-order chi connectivity index (χ0) is 13.2. The van der Waals surface area contributed by atoms with Crippen molar-refractivity contribution in [1.29, 1.82) is 0 Å². The zero-order valence-corrected chi connectivity index (χ0v) is 11.4. The van der Waals surface area contributed by atoms with Crippen molar-refractivity contribution in [2.75, 3.05) is 13.1 Å². The number of piperidine rings is 1. The molecule has 1 fully saturated rings. The van der Waals surface area contributed by atoms with Crippen LogP contribution in [0.3, 0.4) is 0 Å². The smallest absolute Gasteiger partial charge is 0.417 e. The molecule has 1 aliphatic rings. The molecule has 1 aromatic heterocycles. The van der Waals surface area contributed by atoms with Crippen LogP contribution in [0.2, 0.25) is 5.02 Å². The fraction of sp³-hybridized carbons (Fsp3) is 0.545. The Balaban J connectivity index is 0.00000180. The Morgan fingerprint density at radius 3 is 2.68 bits per heavy atom. The van der Waals surface area contributed by atoms with Crippen LogP contribution in [0.5, 0.6) is 5.88 Å². The van der Waals surface area contributed by atoms with Gasteiger partial charge in [0.1, 0.15) is 11.1 Å². The molecule has 0 bridgehead atoms. The lowest BCUT2D eigenvalue weighted by Gasteiger charge is -2.23. The van der Waals surface area contributed by atoms with Gasteiger partial charge in [-0.2, -0.15) is 13.2 Å². The van der Waals surface area contributed by atoms with Gasteiger partial charge in [-0.1, -0.05) is 11.6 Å². The topological polar surface area (TPSA) is 34.1 Å². The van der Waals surface area contributed by atoms with Crippen molar-refractivity contribution >= 4 is 24.0 Å². The van der Waals surface area contributed by atoms with Crippen molar-refractivity contribution in [3.63, 3.8) is 0 Å². The van der Waals surface area contributed by atoms with Gasteiger partial charge < -0.3 is 10.1 Å². The second kappa shape index (κ2) is 6.63. The fourth-order valence-corrected chi connectivity index (χ4v) is 1.96. The van der Waals surface area contributed by atoms with Gasteiger partial charge in [0.2, 0.25) is 5.88 Å². The van der Waals surface area contributed by atoms with Gasteiger partial charge in [-0.3, -0.25) is 0 Å². The van der Waals surface area contributed by atoms with Crippen LogP contribution in [0.1, 0.15) is 18.4 Å². The highest BCUT2D eigenvalue weighted by Crippen LogP contribution is 2.33. The van der Waals surface area contributed by atoms with Gasteiger partial charge >= 0.3 is 6.18 Å². The summed E-state index contributed by atoms with van der Waals surface area (Å²) in [6.45, 7) is 1.58. The minimum absolute atomic E-state index is 0. The van der Waals surface area contributed by atoms with Gasteiger partial charge in [-0.25, -0.2) is 4.98 Å². The van der Waals surface area contributed by atoms with Crippen molar-refractivity contribution in [2.24, 2.45) is 0 Å². The van der Waals surface area contributed by atoms with Crippen LogP contribution in [0.4, 0.5) is 13.2 Å². The van der Waals surface area contributed by atoms with Gasteiger partial charge in [0, 0.05) is 12.7 Å². The van der Waals surface area contributed by atoms with E-state index in [1.807, 2.05) is 0 Å². The maximum atomic E-state index is 12.4. The molecule has 1 N–H and O–H groups in total. The summed E-state index contributed by atoms with van der Waals surface area (Å²) < 4.78 is 42.7. The maximum absolute atomic E-state index is 12.4. The molecule has 3 nitrogen and oxygen atoms in total. The van der Waals surface area contributed by atoms with Crippen LogP contribution < -0.4 is 10.1 Å². The fourth-order valence-electron chi connectivity index (χ4n) is 1.75. The van der Waals surface area contributed by atoms with Crippen LogP contribution >= 0.6 is 24.0 Å². The van der Waals surface area contributed by atoms with E-state index in [1.165, 1.54) is 0 Å². The van der Waals surface area contributed by atoms with E-state index in [9.17, 15) is 13.2 Å². The quantitative estimate of drug-likeness (QED) is 0.909. The number of aromatic nitrogens is 1. The predicted molar refractivity (Wildman–Crippen MR) is 68.0 cm³/mol. The van der Waals surface area contributed by atoms with Crippen LogP contribution in [0, 0.1) is 0 Å². The summed E-state index contributed by atoms with van der Waals surface area (Å²) in [7, 11) is 0. The molecule has 0 aliphatic carbocycles. The molecule has 108 valence electrons. The SMILES string of the molecule is Cl.FC(F)(F)c1cnc(O[C@@H]2CCCNC2)c(Cl)c1. The van der Waals surface area contributed by atoms with Crippen molar-refractivity contribution < 1.29 is 17.9 Å². The molecule has 19 heavy (non-hydrogen) atoms. The highest BCUT2D eigenvalue weighted by atomic mass is 35.5. The first kappa shape index (κ1) is 16.3. The first-order valence-corrected chi connectivity index (χ1v) is 5.95. The molecule has 1 atom stereocenters. The Kier molecular flexibility index (Phi) is 5.70. The largest absolute Gasteiger partial charge is 0.472 e. The molecule has 0 aromatic carbocycles. The first-order chi connectivity index (χ1) is 8.47. The molecular formula is C11H13Cl2F3N2O. The molecule has 0 saturated carbocycles. The monoisotopic (exact) mass is 316 g/mol. The average Bonchev–Trinajstić information content (AvgIpc) is 2.32. The van der Waals surface area contributed by atoms with Crippen molar-refractivity contribution in [3.05, 3.63) is 22.8 Å². The molecule has 2 heterocycles. The van der Waals surface area contributed by atoms with Crippen LogP contribution in [-0.4, -0.2) is 24.2 Å². The number of hydrogen-bond donors (Lipinski definition) is 1. The lowest BCUT2D eigenvalue weighted by Crippen LogP contribution is -2.37. The lowest BCUT2D eigenvalue weighted by molar-refractivity contribution is -0.137. The van der Waals surface area contributed by atoms with E-state index in [0.717, 1.165) is 31.6 Å². The van der Waals surface area contributed by atoms with Crippen LogP contribution in [0.25, 0.3) is 0 Å². The molecule has 8 heteroatoms. The van der Waals surface area contributed by atoms with E-state index in [2.05, 4.69) is 10.3 Å². The molecule has 1 aliphatic heterocycles. The lowest BCUT2D eigenvalue weighted by atomic mass is 10.1. The second-order valence-electron chi connectivity index (χ2n) is 4.09. The van der Waals surface area contributed by atoms with Gasteiger partial charge in [-0.15, -0.1) is 12.4 Å². The molecule has 1 saturated heterocycles. The van der Waals surface area contributed by atoms with E-state index >= 15 is 0 Å². The van der Waals surface area contributed by atoms with Gasteiger partial charge in [0.25, 0.3) is 0 Å². The Morgan fingerprint density at radius 2 is 2.16 bits per heavy atom.